The summed E-state index contributed by atoms with van der Waals surface area (Å²) in [6, 6.07) is 0. The summed E-state index contributed by atoms with van der Waals surface area (Å²) in [6.45, 7) is 2.29. The van der Waals surface area contributed by atoms with Crippen LogP contribution in [0.15, 0.2) is 0 Å². The lowest BCUT2D eigenvalue weighted by molar-refractivity contribution is 0.505. The van der Waals surface area contributed by atoms with Crippen molar-refractivity contribution in [3.8, 4) is 0 Å². The van der Waals surface area contributed by atoms with Gasteiger partial charge in [0, 0.05) is 0 Å². The van der Waals surface area contributed by atoms with E-state index < -0.39 is 0 Å². The van der Waals surface area contributed by atoms with Gasteiger partial charge < -0.3 is 4.90 Å². The first-order valence-corrected chi connectivity index (χ1v) is 12.1. The van der Waals surface area contributed by atoms with Crippen LogP contribution in [0.3, 0.4) is 0 Å². The molecule has 0 saturated heterocycles. The highest BCUT2D eigenvalue weighted by Crippen LogP contribution is 2.21. The van der Waals surface area contributed by atoms with Gasteiger partial charge in [-0.15, -0.1) is 0 Å². The van der Waals surface area contributed by atoms with Crippen LogP contribution >= 0.6 is 22.8 Å². The van der Waals surface area contributed by atoms with E-state index in [4.69, 9.17) is 0 Å². The molecule has 0 aliphatic rings. The zero-order valence-electron chi connectivity index (χ0n) is 14.5. The molecule has 0 fully saturated rings. The molecule has 0 N–H and O–H groups in total. The van der Waals surface area contributed by atoms with E-state index in [9.17, 15) is 0 Å². The Morgan fingerprint density at radius 1 is 0.650 bits per heavy atom. The van der Waals surface area contributed by atoms with Crippen LogP contribution in [0.5, 0.6) is 0 Å². The van der Waals surface area contributed by atoms with Gasteiger partial charge in [-0.1, -0.05) is 100 Å². The lowest BCUT2D eigenvalue weighted by atomic mass is 10.1. The molecule has 0 saturated carbocycles. The quantitative estimate of drug-likeness (QED) is 0.254. The highest BCUT2D eigenvalue weighted by Gasteiger charge is 1.92. The van der Waals surface area contributed by atoms with Gasteiger partial charge in [0.05, 0.1) is 0 Å². The molecule has 0 aromatic carbocycles. The largest absolute Gasteiger partial charge is 0.312 e. The van der Waals surface area contributed by atoms with Gasteiger partial charge >= 0.3 is 0 Å². The van der Waals surface area contributed by atoms with Crippen molar-refractivity contribution >= 4 is 22.8 Å². The molecule has 1 atom stereocenters. The fourth-order valence-electron chi connectivity index (χ4n) is 2.03. The van der Waals surface area contributed by atoms with Gasteiger partial charge in [-0.25, -0.2) is 0 Å². The van der Waals surface area contributed by atoms with E-state index in [1.54, 1.807) is 0 Å². The first kappa shape index (κ1) is 23.1. The maximum Gasteiger partial charge on any atom is -0.0140 e. The van der Waals surface area contributed by atoms with Gasteiger partial charge in [-0.05, 0) is 33.7 Å². The van der Waals surface area contributed by atoms with E-state index in [2.05, 4.69) is 22.4 Å². The highest BCUT2D eigenvalue weighted by atomic mass is 79.9. The molecule has 0 spiro atoms. The van der Waals surface area contributed by atoms with Gasteiger partial charge in [0.1, 0.15) is 0 Å². The number of hydrogen-bond acceptors (Lipinski definition) is 1. The van der Waals surface area contributed by atoms with Crippen LogP contribution in [-0.4, -0.2) is 32.2 Å². The Balaban J connectivity index is 0. The summed E-state index contributed by atoms with van der Waals surface area (Å²) in [7, 11) is 6.98. The van der Waals surface area contributed by atoms with E-state index in [0.29, 0.717) is 0 Å². The van der Waals surface area contributed by atoms with E-state index in [1.807, 2.05) is 26.0 Å². The van der Waals surface area contributed by atoms with Crippen molar-refractivity contribution in [3.05, 3.63) is 0 Å². The third kappa shape index (κ3) is 31.3. The first-order chi connectivity index (χ1) is 9.65. The van der Waals surface area contributed by atoms with Crippen LogP contribution in [0.25, 0.3) is 0 Å². The standard InChI is InChI=1S/C14H30BrP.C3H9N/c1-2-3-4-5-6-7-8-9-10-11-12-13-14-16-15;1-4(2)3/h16H,2-14H2,1H3;1-3H3. The average molecular weight is 368 g/mol. The van der Waals surface area contributed by atoms with Crippen LogP contribution in [0.2, 0.25) is 0 Å². The molecule has 0 bridgehead atoms. The Labute approximate surface area is 139 Å². The van der Waals surface area contributed by atoms with Crippen LogP contribution in [0.1, 0.15) is 84.0 Å². The van der Waals surface area contributed by atoms with Crippen molar-refractivity contribution in [1.82, 2.24) is 4.90 Å². The smallest absolute Gasteiger partial charge is 0.0140 e. The fourth-order valence-corrected chi connectivity index (χ4v) is 3.26. The summed E-state index contributed by atoms with van der Waals surface area (Å²) in [5.41, 5.74) is 0. The van der Waals surface area contributed by atoms with Crippen LogP contribution in [-0.2, 0) is 0 Å². The molecule has 20 heavy (non-hydrogen) atoms. The second-order valence-corrected chi connectivity index (χ2v) is 8.56. The molecule has 3 heteroatoms. The number of unbranched alkanes of at least 4 members (excludes halogenated alkanes) is 11. The molecule has 0 heterocycles. The molecular weight excluding hydrogens is 329 g/mol. The normalized spacial score (nSPS) is 11.1. The van der Waals surface area contributed by atoms with E-state index >= 15 is 0 Å². The Hall–Kier alpha value is 0.870. The SMILES string of the molecule is CCCCCCCCCCCCCCPBr.CN(C)C. The van der Waals surface area contributed by atoms with E-state index in [0.717, 1.165) is 7.28 Å². The van der Waals surface area contributed by atoms with Crippen molar-refractivity contribution in [2.45, 2.75) is 84.0 Å². The summed E-state index contributed by atoms with van der Waals surface area (Å²) < 4.78 is 0. The molecule has 0 aromatic rings. The first-order valence-electron chi connectivity index (χ1n) is 8.59. The van der Waals surface area contributed by atoms with Gasteiger partial charge in [0.15, 0.2) is 0 Å². The minimum atomic E-state index is 0.982. The van der Waals surface area contributed by atoms with Crippen LogP contribution in [0, 0.1) is 0 Å². The summed E-state index contributed by atoms with van der Waals surface area (Å²) in [5.74, 6) is 0. The van der Waals surface area contributed by atoms with Crippen molar-refractivity contribution in [3.63, 3.8) is 0 Å². The number of hydrogen-bond donors (Lipinski definition) is 0. The maximum absolute atomic E-state index is 3.51. The predicted octanol–water partition coefficient (Wildman–Crippen LogP) is 6.85. The predicted molar refractivity (Wildman–Crippen MR) is 103 cm³/mol. The molecule has 0 aliphatic heterocycles. The van der Waals surface area contributed by atoms with E-state index in [1.165, 1.54) is 83.2 Å². The third-order valence-electron chi connectivity index (χ3n) is 3.12. The lowest BCUT2D eigenvalue weighted by Crippen LogP contribution is -1.99. The highest BCUT2D eigenvalue weighted by molar-refractivity contribution is 9.36. The molecule has 1 unspecified atom stereocenters. The molecule has 0 radical (unpaired) electrons. The average Bonchev–Trinajstić information content (AvgIpc) is 2.39. The zero-order valence-corrected chi connectivity index (χ0v) is 17.1. The molecule has 0 aliphatic carbocycles. The fraction of sp³-hybridized carbons (Fsp3) is 1.00. The second-order valence-electron chi connectivity index (χ2n) is 6.11. The maximum atomic E-state index is 3.51. The molecule has 0 amide bonds. The monoisotopic (exact) mass is 367 g/mol. The summed E-state index contributed by atoms with van der Waals surface area (Å²) in [4.78, 5) is 2.00. The molecule has 0 rings (SSSR count). The van der Waals surface area contributed by atoms with Crippen molar-refractivity contribution in [1.29, 1.82) is 0 Å². The Morgan fingerprint density at radius 3 is 1.25 bits per heavy atom. The van der Waals surface area contributed by atoms with Gasteiger partial charge in [0.2, 0.25) is 0 Å². The van der Waals surface area contributed by atoms with Crippen molar-refractivity contribution in [2.75, 3.05) is 27.3 Å². The minimum Gasteiger partial charge on any atom is -0.312 e. The second kappa shape index (κ2) is 22.2. The summed E-state index contributed by atoms with van der Waals surface area (Å²) in [6.07, 6.45) is 18.9. The van der Waals surface area contributed by atoms with Crippen molar-refractivity contribution < 1.29 is 0 Å². The molecule has 1 nitrogen and oxygen atoms in total. The van der Waals surface area contributed by atoms with E-state index in [-0.39, 0.29) is 0 Å². The number of halogens is 1. The summed E-state index contributed by atoms with van der Waals surface area (Å²) in [5, 5.41) is 0. The van der Waals surface area contributed by atoms with Gasteiger partial charge in [-0.3, -0.25) is 0 Å². The Kier molecular flexibility index (Phi) is 25.6. The molecule has 0 aromatic heterocycles. The van der Waals surface area contributed by atoms with Gasteiger partial charge in [-0.2, -0.15) is 0 Å². The Morgan fingerprint density at radius 2 is 0.950 bits per heavy atom. The number of rotatable bonds is 13. The lowest BCUT2D eigenvalue weighted by Gasteiger charge is -2.02. The molecular formula is C17H39BrNP. The van der Waals surface area contributed by atoms with Crippen LogP contribution < -0.4 is 0 Å². The molecule has 124 valence electrons. The Bertz CT molecular complexity index is 137. The minimum absolute atomic E-state index is 0.982. The summed E-state index contributed by atoms with van der Waals surface area (Å²) >= 11 is 3.51. The van der Waals surface area contributed by atoms with Gasteiger partial charge in [0.25, 0.3) is 0 Å². The number of nitrogens with zero attached hydrogens (tertiary/aromatic N) is 1. The zero-order chi connectivity index (χ0) is 15.5. The topological polar surface area (TPSA) is 3.24 Å². The van der Waals surface area contributed by atoms with Crippen LogP contribution in [0.4, 0.5) is 0 Å². The third-order valence-corrected chi connectivity index (χ3v) is 4.86. The van der Waals surface area contributed by atoms with Crippen molar-refractivity contribution in [2.24, 2.45) is 0 Å².